The molecule has 32 heteroatoms. The summed E-state index contributed by atoms with van der Waals surface area (Å²) < 4.78 is 20.0. The van der Waals surface area contributed by atoms with Crippen molar-refractivity contribution in [3.8, 4) is 5.75 Å². The third kappa shape index (κ3) is 20.2. The molecule has 1 aromatic heterocycles. The number of anilines is 5. The SMILES string of the molecule is C=C1C(=O)N(CCC)N=C1C.C=C1C(=O)N(c2c(Cl)cc(Cl)cc2Cl)N=C1C(=O)OCC.C=C1C(=O)N(c2cccc(OC)c2)N=C1C.C=C1C(=O)N(c2ccccc2)N=C1C(=O)N(CCOC)CCOC.C=C1C(=O)N(c2ccccc2)N=C1NC(=O)NC.C=C1C(=O)N(c2cccnc2)N=C1C. The van der Waals surface area contributed by atoms with Crippen molar-refractivity contribution < 1.29 is 62.1 Å². The van der Waals surface area contributed by atoms with Crippen LogP contribution in [0.2, 0.25) is 15.1 Å². The number of benzene rings is 4. The van der Waals surface area contributed by atoms with Crippen LogP contribution in [0.5, 0.6) is 5.75 Å². The molecule has 5 aromatic rings. The van der Waals surface area contributed by atoms with Crippen molar-refractivity contribution in [2.75, 3.05) is 92.9 Å². The van der Waals surface area contributed by atoms with Gasteiger partial charge in [-0.25, -0.2) is 14.6 Å². The van der Waals surface area contributed by atoms with Gasteiger partial charge in [0.1, 0.15) is 11.4 Å². The Labute approximate surface area is 615 Å². The number of methoxy groups -OCH3 is 3. The second-order valence-electron chi connectivity index (χ2n) is 21.8. The number of esters is 1. The van der Waals surface area contributed by atoms with E-state index in [-0.39, 0.29) is 85.9 Å². The Hall–Kier alpha value is -11.9. The number of amidine groups is 1. The van der Waals surface area contributed by atoms with Crippen molar-refractivity contribution >= 4 is 151 Å². The molecule has 2 N–H and O–H groups in total. The van der Waals surface area contributed by atoms with Gasteiger partial charge in [-0.05, 0) is 94.8 Å². The summed E-state index contributed by atoms with van der Waals surface area (Å²) in [5.41, 5.74) is 6.15. The lowest BCUT2D eigenvalue weighted by Crippen LogP contribution is -2.41. The third-order valence-electron chi connectivity index (χ3n) is 14.7. The number of aromatic nitrogens is 1. The molecule has 0 aliphatic carbocycles. The van der Waals surface area contributed by atoms with E-state index in [1.165, 1.54) is 44.2 Å². The Bertz CT molecular complexity index is 4400. The molecule has 0 saturated carbocycles. The van der Waals surface area contributed by atoms with Gasteiger partial charge in [0.2, 0.25) is 0 Å². The van der Waals surface area contributed by atoms with Crippen LogP contribution < -0.4 is 40.4 Å². The molecule has 11 rings (SSSR count). The van der Waals surface area contributed by atoms with Crippen molar-refractivity contribution in [1.82, 2.24) is 25.5 Å². The van der Waals surface area contributed by atoms with Gasteiger partial charge in [-0.3, -0.25) is 43.9 Å². The van der Waals surface area contributed by atoms with Crippen LogP contribution in [0.25, 0.3) is 0 Å². The van der Waals surface area contributed by atoms with Gasteiger partial charge in [0.25, 0.3) is 41.4 Å². The molecule has 0 spiro atoms. The number of rotatable bonds is 17. The second kappa shape index (κ2) is 38.2. The molecule has 0 bridgehead atoms. The van der Waals surface area contributed by atoms with E-state index < -0.39 is 23.8 Å². The highest BCUT2D eigenvalue weighted by Gasteiger charge is 2.38. The lowest BCUT2D eigenvalue weighted by molar-refractivity contribution is -0.135. The molecule has 104 heavy (non-hydrogen) atoms. The molecule has 4 aromatic carbocycles. The van der Waals surface area contributed by atoms with Crippen molar-refractivity contribution in [2.45, 2.75) is 41.0 Å². The lowest BCUT2D eigenvalue weighted by atomic mass is 10.1. The number of para-hydroxylation sites is 2. The maximum absolute atomic E-state index is 12.7. The minimum Gasteiger partial charge on any atom is -0.497 e. The molecule has 29 nitrogen and oxygen atoms in total. The van der Waals surface area contributed by atoms with Gasteiger partial charge in [0.05, 0.1) is 116 Å². The van der Waals surface area contributed by atoms with Crippen molar-refractivity contribution in [1.29, 1.82) is 0 Å². The maximum Gasteiger partial charge on any atom is 0.359 e. The molecule has 0 unspecified atom stereocenters. The summed E-state index contributed by atoms with van der Waals surface area (Å²) in [6, 6.07) is 31.0. The molecule has 0 fully saturated rings. The number of hydrogen-bond acceptors (Lipinski definition) is 20. The Morgan fingerprint density at radius 2 is 0.981 bits per heavy atom. The summed E-state index contributed by atoms with van der Waals surface area (Å²) in [4.78, 5) is 112. The van der Waals surface area contributed by atoms with Crippen molar-refractivity contribution in [2.24, 2.45) is 30.6 Å². The number of halogens is 3. The van der Waals surface area contributed by atoms with Crippen LogP contribution in [0.4, 0.5) is 33.2 Å². The molecule has 6 aliphatic rings. The lowest BCUT2D eigenvalue weighted by Gasteiger charge is -2.21. The van der Waals surface area contributed by atoms with Crippen LogP contribution in [-0.2, 0) is 52.6 Å². The van der Waals surface area contributed by atoms with Gasteiger partial charge in [0.15, 0.2) is 17.3 Å². The van der Waals surface area contributed by atoms with E-state index in [0.717, 1.165) is 17.1 Å². The summed E-state index contributed by atoms with van der Waals surface area (Å²) in [6.07, 6.45) is 4.17. The van der Waals surface area contributed by atoms with Crippen LogP contribution in [0.15, 0.2) is 225 Å². The van der Waals surface area contributed by atoms with Gasteiger partial charge in [-0.1, -0.05) is 124 Å². The number of nitrogens with one attached hydrogen (secondary N) is 2. The summed E-state index contributed by atoms with van der Waals surface area (Å²) in [7, 11) is 6.18. The Balaban J connectivity index is 0.000000199. The first-order valence-electron chi connectivity index (χ1n) is 31.4. The Morgan fingerprint density at radius 3 is 1.45 bits per heavy atom. The van der Waals surface area contributed by atoms with Crippen LogP contribution in [0, 0.1) is 0 Å². The number of urea groups is 1. The fourth-order valence-corrected chi connectivity index (χ4v) is 9.94. The first kappa shape index (κ1) is 81.1. The van der Waals surface area contributed by atoms with Gasteiger partial charge in [-0.15, -0.1) is 5.10 Å². The van der Waals surface area contributed by atoms with E-state index in [2.05, 4.69) is 85.7 Å². The fraction of sp³-hybridized carbons (Fsp3) is 0.222. The molecule has 7 heterocycles. The fourth-order valence-electron chi connectivity index (χ4n) is 8.96. The predicted octanol–water partition coefficient (Wildman–Crippen LogP) is 9.87. The number of carbonyl (C=O) groups is 9. The highest BCUT2D eigenvalue weighted by molar-refractivity contribution is 6.55. The highest BCUT2D eigenvalue weighted by Crippen LogP contribution is 2.39. The predicted molar refractivity (Wildman–Crippen MR) is 402 cm³/mol. The first-order chi connectivity index (χ1) is 49.6. The number of amides is 9. The number of carbonyl (C=O) groups excluding carboxylic acids is 9. The van der Waals surface area contributed by atoms with Crippen molar-refractivity contribution in [3.63, 3.8) is 0 Å². The number of hydrazone groups is 6. The smallest absolute Gasteiger partial charge is 0.359 e. The Morgan fingerprint density at radius 1 is 0.519 bits per heavy atom. The van der Waals surface area contributed by atoms with E-state index in [1.54, 1.807) is 139 Å². The van der Waals surface area contributed by atoms with Gasteiger partial charge in [0, 0.05) is 58.2 Å². The van der Waals surface area contributed by atoms with Crippen LogP contribution in [0.1, 0.15) is 41.0 Å². The first-order valence-corrected chi connectivity index (χ1v) is 32.6. The monoisotopic (exact) mass is 1480 g/mol. The number of hydrogen-bond donors (Lipinski definition) is 2. The Kier molecular flexibility index (Phi) is 29.8. The minimum absolute atomic E-state index is 0.0515. The van der Waals surface area contributed by atoms with E-state index in [4.69, 9.17) is 53.8 Å². The molecular formula is C72H75Cl3N16O13. The maximum atomic E-state index is 12.7. The molecular weight excluding hydrogens is 1400 g/mol. The largest absolute Gasteiger partial charge is 0.497 e. The van der Waals surface area contributed by atoms with E-state index in [9.17, 15) is 43.2 Å². The standard InChI is InChI=1S/C17H21N3O4.C13H9Cl3N2O3.C12H12N4O2.C12H12N2O2.C10H9N3O.C8H12N2O/c1-13-15(17(22)19(9-11-23-2)10-12-24-3)18-20(16(13)21)14-7-5-4-6-8-14;1-3-21-13(20)10-6(2)12(19)18(17-10)11-8(15)4-7(14)5-9(11)16;1-8-10(14-12(18)13-2)15-16(11(8)17)9-6-4-3-5-7-9;1-8-9(2)13-14(12(8)15)10-5-4-6-11(7-10)16-3;1-7-8(2)12-13(10(7)14)9-4-3-5-11-6-9;1-4-5-10-8(11)6(2)7(3)9-10/h4-8H,1,9-12H2,2-3H3;4-5H,2-3H2,1H3;3-7H,1H2,2H3,(H2,13,14,15,18);4-7H,1H2,2-3H3;3-6H,1H2,2H3;2,4-5H2,1,3H3. The average molecular weight is 1480 g/mol. The third-order valence-corrected chi connectivity index (χ3v) is 15.4. The summed E-state index contributed by atoms with van der Waals surface area (Å²) in [6.45, 7) is 33.2. The highest BCUT2D eigenvalue weighted by atomic mass is 35.5. The van der Waals surface area contributed by atoms with E-state index >= 15 is 0 Å². The van der Waals surface area contributed by atoms with Crippen LogP contribution in [0.3, 0.4) is 0 Å². The van der Waals surface area contributed by atoms with Gasteiger partial charge < -0.3 is 29.2 Å². The zero-order chi connectivity index (χ0) is 76.6. The average Bonchev–Trinajstić information content (AvgIpc) is 1.64. The normalized spacial score (nSPS) is 15.1. The number of pyridine rings is 1. The minimum atomic E-state index is -0.737. The molecule has 6 aliphatic heterocycles. The topological polar surface area (TPSA) is 324 Å². The van der Waals surface area contributed by atoms with Crippen LogP contribution >= 0.6 is 34.8 Å². The number of nitrogens with zero attached hydrogens (tertiary/aromatic N) is 14. The molecule has 9 amide bonds. The van der Waals surface area contributed by atoms with Crippen LogP contribution in [-0.4, -0.2) is 170 Å². The summed E-state index contributed by atoms with van der Waals surface area (Å²) in [5, 5.41) is 37.2. The molecule has 542 valence electrons. The zero-order valence-corrected chi connectivity index (χ0v) is 60.7. The summed E-state index contributed by atoms with van der Waals surface area (Å²) in [5.74, 6) is -2.04. The summed E-state index contributed by atoms with van der Waals surface area (Å²) >= 11 is 17.9. The van der Waals surface area contributed by atoms with Crippen molar-refractivity contribution in [3.05, 3.63) is 210 Å². The number of ether oxygens (including phenoxy) is 4. The second-order valence-corrected chi connectivity index (χ2v) is 23.0. The van der Waals surface area contributed by atoms with Gasteiger partial charge >= 0.3 is 12.0 Å². The van der Waals surface area contributed by atoms with Gasteiger partial charge in [-0.2, -0.15) is 50.6 Å². The molecule has 0 saturated heterocycles. The zero-order valence-electron chi connectivity index (χ0n) is 58.4. The quantitative estimate of drug-likeness (QED) is 0.0646. The van der Waals surface area contributed by atoms with E-state index in [1.807, 2.05) is 31.2 Å². The molecule has 0 atom stereocenters. The van der Waals surface area contributed by atoms with E-state index in [0.29, 0.717) is 94.5 Å². The molecule has 0 radical (unpaired) electrons.